The molecule has 0 radical (unpaired) electrons. The molecule has 1 aromatic rings. The quantitative estimate of drug-likeness (QED) is 0.816. The molecule has 1 rings (SSSR count). The zero-order valence-corrected chi connectivity index (χ0v) is 9.08. The maximum absolute atomic E-state index is 11.2. The SMILES string of the molecule is CCS(=O)(=O)NC(C)c1ccccn1. The Balaban J connectivity index is 2.74. The molecule has 78 valence electrons. The van der Waals surface area contributed by atoms with E-state index in [1.807, 2.05) is 6.07 Å². The molecule has 0 aliphatic heterocycles. The highest BCUT2D eigenvalue weighted by atomic mass is 32.2. The van der Waals surface area contributed by atoms with E-state index >= 15 is 0 Å². The molecule has 0 saturated heterocycles. The first-order valence-electron chi connectivity index (χ1n) is 4.46. The van der Waals surface area contributed by atoms with Gasteiger partial charge < -0.3 is 0 Å². The average Bonchev–Trinajstić information content (AvgIpc) is 2.19. The standard InChI is InChI=1S/C9H14N2O2S/c1-3-14(12,13)11-8(2)9-6-4-5-7-10-9/h4-8,11H,3H2,1-2H3. The Kier molecular flexibility index (Phi) is 3.60. The van der Waals surface area contributed by atoms with Crippen LogP contribution in [0.5, 0.6) is 0 Å². The summed E-state index contributed by atoms with van der Waals surface area (Å²) in [5, 5.41) is 0. The number of nitrogens with zero attached hydrogens (tertiary/aromatic N) is 1. The number of nitrogens with one attached hydrogen (secondary N) is 1. The Labute approximate surface area is 84.4 Å². The van der Waals surface area contributed by atoms with E-state index in [0.29, 0.717) is 0 Å². The minimum Gasteiger partial charge on any atom is -0.260 e. The Morgan fingerprint density at radius 1 is 1.50 bits per heavy atom. The summed E-state index contributed by atoms with van der Waals surface area (Å²) >= 11 is 0. The molecule has 1 aromatic heterocycles. The molecule has 1 unspecified atom stereocenters. The second kappa shape index (κ2) is 4.52. The van der Waals surface area contributed by atoms with Gasteiger partial charge in [0.05, 0.1) is 17.5 Å². The number of hydrogen-bond donors (Lipinski definition) is 1. The molecule has 0 spiro atoms. The van der Waals surface area contributed by atoms with Crippen LogP contribution in [0.3, 0.4) is 0 Å². The van der Waals surface area contributed by atoms with Gasteiger partial charge in [-0.2, -0.15) is 0 Å². The summed E-state index contributed by atoms with van der Waals surface area (Å²) in [7, 11) is -3.16. The van der Waals surface area contributed by atoms with Crippen LogP contribution in [0.4, 0.5) is 0 Å². The van der Waals surface area contributed by atoms with Crippen LogP contribution < -0.4 is 4.72 Å². The van der Waals surface area contributed by atoms with Crippen LogP contribution in [0.2, 0.25) is 0 Å². The van der Waals surface area contributed by atoms with Crippen molar-refractivity contribution >= 4 is 10.0 Å². The van der Waals surface area contributed by atoms with E-state index < -0.39 is 10.0 Å². The van der Waals surface area contributed by atoms with Crippen molar-refractivity contribution in [1.82, 2.24) is 9.71 Å². The summed E-state index contributed by atoms with van der Waals surface area (Å²) < 4.78 is 25.0. The van der Waals surface area contributed by atoms with Crippen LogP contribution in [0, 0.1) is 0 Å². The summed E-state index contributed by atoms with van der Waals surface area (Å²) in [6.45, 7) is 3.38. The van der Waals surface area contributed by atoms with E-state index in [0.717, 1.165) is 5.69 Å². The van der Waals surface area contributed by atoms with Gasteiger partial charge in [-0.1, -0.05) is 6.07 Å². The van der Waals surface area contributed by atoms with Crippen molar-refractivity contribution in [3.63, 3.8) is 0 Å². The van der Waals surface area contributed by atoms with E-state index in [2.05, 4.69) is 9.71 Å². The van der Waals surface area contributed by atoms with Crippen molar-refractivity contribution < 1.29 is 8.42 Å². The van der Waals surface area contributed by atoms with Gasteiger partial charge in [-0.3, -0.25) is 4.98 Å². The predicted molar refractivity (Wildman–Crippen MR) is 55.2 cm³/mol. The van der Waals surface area contributed by atoms with Gasteiger partial charge >= 0.3 is 0 Å². The third-order valence-corrected chi connectivity index (χ3v) is 3.34. The molecule has 1 atom stereocenters. The third-order valence-electron chi connectivity index (χ3n) is 1.87. The molecule has 1 heterocycles. The minimum atomic E-state index is -3.16. The summed E-state index contributed by atoms with van der Waals surface area (Å²) in [5.41, 5.74) is 0.726. The monoisotopic (exact) mass is 214 g/mol. The second-order valence-electron chi connectivity index (χ2n) is 3.00. The highest BCUT2D eigenvalue weighted by Crippen LogP contribution is 2.08. The van der Waals surface area contributed by atoms with Gasteiger partial charge in [-0.15, -0.1) is 0 Å². The molecule has 0 saturated carbocycles. The first-order valence-corrected chi connectivity index (χ1v) is 6.11. The topological polar surface area (TPSA) is 59.1 Å². The molecule has 0 bridgehead atoms. The van der Waals surface area contributed by atoms with Gasteiger partial charge in [0, 0.05) is 6.20 Å². The van der Waals surface area contributed by atoms with Gasteiger partial charge in [0.25, 0.3) is 0 Å². The first kappa shape index (κ1) is 11.1. The lowest BCUT2D eigenvalue weighted by Gasteiger charge is -2.12. The Bertz CT molecular complexity index is 375. The van der Waals surface area contributed by atoms with Crippen molar-refractivity contribution in [2.24, 2.45) is 0 Å². The summed E-state index contributed by atoms with van der Waals surface area (Å²) in [4.78, 5) is 4.07. The van der Waals surface area contributed by atoms with Crippen LogP contribution >= 0.6 is 0 Å². The van der Waals surface area contributed by atoms with Gasteiger partial charge in [-0.05, 0) is 26.0 Å². The average molecular weight is 214 g/mol. The van der Waals surface area contributed by atoms with Crippen molar-refractivity contribution in [2.45, 2.75) is 19.9 Å². The van der Waals surface area contributed by atoms with Crippen LogP contribution in [0.15, 0.2) is 24.4 Å². The van der Waals surface area contributed by atoms with Crippen molar-refractivity contribution in [3.05, 3.63) is 30.1 Å². The fourth-order valence-corrected chi connectivity index (χ4v) is 1.87. The van der Waals surface area contributed by atoms with Crippen LogP contribution in [0.1, 0.15) is 25.6 Å². The molecule has 0 amide bonds. The van der Waals surface area contributed by atoms with Crippen LogP contribution in [0.25, 0.3) is 0 Å². The maximum Gasteiger partial charge on any atom is 0.211 e. The number of pyridine rings is 1. The van der Waals surface area contributed by atoms with Crippen molar-refractivity contribution in [2.75, 3.05) is 5.75 Å². The highest BCUT2D eigenvalue weighted by Gasteiger charge is 2.13. The Hall–Kier alpha value is -0.940. The molecule has 14 heavy (non-hydrogen) atoms. The molecule has 0 aromatic carbocycles. The van der Waals surface area contributed by atoms with Crippen LogP contribution in [-0.2, 0) is 10.0 Å². The number of rotatable bonds is 4. The van der Waals surface area contributed by atoms with Gasteiger partial charge in [0.1, 0.15) is 0 Å². The van der Waals surface area contributed by atoms with Crippen LogP contribution in [-0.4, -0.2) is 19.2 Å². The van der Waals surface area contributed by atoms with Crippen molar-refractivity contribution in [3.8, 4) is 0 Å². The van der Waals surface area contributed by atoms with Gasteiger partial charge in [-0.25, -0.2) is 13.1 Å². The normalized spacial score (nSPS) is 13.9. The fourth-order valence-electron chi connectivity index (χ4n) is 1.05. The summed E-state index contributed by atoms with van der Waals surface area (Å²) in [6, 6.07) is 5.15. The molecule has 0 aliphatic rings. The Morgan fingerprint density at radius 2 is 2.21 bits per heavy atom. The summed E-state index contributed by atoms with van der Waals surface area (Å²) in [6.07, 6.45) is 1.64. The summed E-state index contributed by atoms with van der Waals surface area (Å²) in [5.74, 6) is 0.0875. The number of hydrogen-bond acceptors (Lipinski definition) is 3. The lowest BCUT2D eigenvalue weighted by molar-refractivity contribution is 0.565. The second-order valence-corrected chi connectivity index (χ2v) is 5.04. The van der Waals surface area contributed by atoms with E-state index in [1.165, 1.54) is 0 Å². The maximum atomic E-state index is 11.2. The molecule has 0 aliphatic carbocycles. The molecular formula is C9H14N2O2S. The van der Waals surface area contributed by atoms with E-state index in [9.17, 15) is 8.42 Å². The molecule has 4 nitrogen and oxygen atoms in total. The van der Waals surface area contributed by atoms with Gasteiger partial charge in [0.15, 0.2) is 0 Å². The predicted octanol–water partition coefficient (Wildman–Crippen LogP) is 1.08. The zero-order valence-electron chi connectivity index (χ0n) is 8.27. The first-order chi connectivity index (χ1) is 6.55. The lowest BCUT2D eigenvalue weighted by Crippen LogP contribution is -2.28. The van der Waals surface area contributed by atoms with E-state index in [4.69, 9.17) is 0 Å². The smallest absolute Gasteiger partial charge is 0.211 e. The largest absolute Gasteiger partial charge is 0.260 e. The fraction of sp³-hybridized carbons (Fsp3) is 0.444. The molecule has 0 fully saturated rings. The van der Waals surface area contributed by atoms with Crippen molar-refractivity contribution in [1.29, 1.82) is 0 Å². The van der Waals surface area contributed by atoms with E-state index in [1.54, 1.807) is 32.2 Å². The molecular weight excluding hydrogens is 200 g/mol. The zero-order chi connectivity index (χ0) is 10.6. The lowest BCUT2D eigenvalue weighted by atomic mass is 10.2. The highest BCUT2D eigenvalue weighted by molar-refractivity contribution is 7.89. The van der Waals surface area contributed by atoms with E-state index in [-0.39, 0.29) is 11.8 Å². The number of aromatic nitrogens is 1. The third kappa shape index (κ3) is 3.08. The van der Waals surface area contributed by atoms with Gasteiger partial charge in [0.2, 0.25) is 10.0 Å². The minimum absolute atomic E-state index is 0.0875. The number of sulfonamides is 1. The molecule has 5 heteroatoms. The molecule has 1 N–H and O–H groups in total. The Morgan fingerprint density at radius 3 is 2.71 bits per heavy atom.